The highest BCUT2D eigenvalue weighted by Gasteiger charge is 2.46. The Morgan fingerprint density at radius 3 is 2.00 bits per heavy atom. The Morgan fingerprint density at radius 2 is 1.57 bits per heavy atom. The Labute approximate surface area is 82.8 Å². The molecule has 0 aromatic carbocycles. The third kappa shape index (κ3) is 2.94. The minimum Gasteiger partial charge on any atom is -0.194 e. The average molecular weight is 249 g/mol. The van der Waals surface area contributed by atoms with E-state index >= 15 is 0 Å². The molecule has 1 saturated heterocycles. The van der Waals surface area contributed by atoms with Crippen molar-refractivity contribution in [3.05, 3.63) is 0 Å². The zero-order chi connectivity index (χ0) is 10.8. The SMILES string of the molecule is O=S(=O)(N=S1CCCCC1)C(F)(F)F. The van der Waals surface area contributed by atoms with Gasteiger partial charge in [0, 0.05) is 11.5 Å². The van der Waals surface area contributed by atoms with Gasteiger partial charge >= 0.3 is 15.5 Å². The Morgan fingerprint density at radius 1 is 1.07 bits per heavy atom. The van der Waals surface area contributed by atoms with Crippen molar-refractivity contribution in [3.8, 4) is 0 Å². The second-order valence-electron chi connectivity index (χ2n) is 2.93. The largest absolute Gasteiger partial charge is 0.519 e. The molecule has 1 rings (SSSR count). The van der Waals surface area contributed by atoms with Crippen molar-refractivity contribution in [2.45, 2.75) is 24.8 Å². The van der Waals surface area contributed by atoms with Gasteiger partial charge in [0.25, 0.3) is 0 Å². The molecule has 1 aliphatic heterocycles. The number of nitrogens with zero attached hydrogens (tertiary/aromatic N) is 1. The third-order valence-corrected chi connectivity index (χ3v) is 5.49. The van der Waals surface area contributed by atoms with Crippen LogP contribution in [0.4, 0.5) is 13.2 Å². The lowest BCUT2D eigenvalue weighted by atomic mass is 10.3. The van der Waals surface area contributed by atoms with Crippen LogP contribution in [-0.4, -0.2) is 25.4 Å². The fourth-order valence-electron chi connectivity index (χ4n) is 1.07. The molecule has 8 heteroatoms. The van der Waals surface area contributed by atoms with Gasteiger partial charge in [0.2, 0.25) is 0 Å². The molecule has 0 atom stereocenters. The minimum atomic E-state index is -5.26. The molecule has 1 aliphatic rings. The summed E-state index contributed by atoms with van der Waals surface area (Å²) in [5.41, 5.74) is -5.24. The normalized spacial score (nSPS) is 20.8. The van der Waals surface area contributed by atoms with Crippen LogP contribution >= 0.6 is 0 Å². The number of rotatable bonds is 1. The fourth-order valence-corrected chi connectivity index (χ4v) is 4.40. The molecule has 1 heterocycles. The molecule has 0 amide bonds. The summed E-state index contributed by atoms with van der Waals surface area (Å²) in [7, 11) is -6.20. The van der Waals surface area contributed by atoms with Crippen molar-refractivity contribution < 1.29 is 21.6 Å². The molecule has 1 fully saturated rings. The standard InChI is InChI=1S/C6H10F3NO2S2/c7-6(8,9)14(11,12)10-13-4-2-1-3-5-13/h1-5H2. The summed E-state index contributed by atoms with van der Waals surface area (Å²) in [6, 6.07) is 0. The van der Waals surface area contributed by atoms with Crippen LogP contribution in [0.5, 0.6) is 0 Å². The van der Waals surface area contributed by atoms with E-state index in [1.165, 1.54) is 0 Å². The van der Waals surface area contributed by atoms with Gasteiger partial charge in [0.15, 0.2) is 0 Å². The minimum absolute atomic E-state index is 0.468. The van der Waals surface area contributed by atoms with Crippen molar-refractivity contribution in [1.29, 1.82) is 0 Å². The lowest BCUT2D eigenvalue weighted by Crippen LogP contribution is -2.23. The molecule has 0 N–H and O–H groups in total. The van der Waals surface area contributed by atoms with E-state index in [4.69, 9.17) is 0 Å². The molecular weight excluding hydrogens is 239 g/mol. The van der Waals surface area contributed by atoms with Crippen LogP contribution in [0.2, 0.25) is 0 Å². The molecule has 14 heavy (non-hydrogen) atoms. The topological polar surface area (TPSA) is 46.5 Å². The summed E-state index contributed by atoms with van der Waals surface area (Å²) in [5.74, 6) is 0.935. The van der Waals surface area contributed by atoms with Crippen LogP contribution in [0.1, 0.15) is 19.3 Å². The highest BCUT2D eigenvalue weighted by Crippen LogP contribution is 2.26. The molecule has 84 valence electrons. The molecule has 0 saturated carbocycles. The van der Waals surface area contributed by atoms with Gasteiger partial charge in [-0.2, -0.15) is 21.6 Å². The van der Waals surface area contributed by atoms with Gasteiger partial charge in [-0.05, 0) is 12.8 Å². The van der Waals surface area contributed by atoms with Crippen molar-refractivity contribution >= 4 is 20.7 Å². The Kier molecular flexibility index (Phi) is 3.57. The van der Waals surface area contributed by atoms with E-state index in [0.717, 1.165) is 19.3 Å². The summed E-state index contributed by atoms with van der Waals surface area (Å²) in [4.78, 5) is 0. The maximum absolute atomic E-state index is 11.9. The summed E-state index contributed by atoms with van der Waals surface area (Å²) in [5, 5.41) is 0. The van der Waals surface area contributed by atoms with E-state index in [9.17, 15) is 21.6 Å². The van der Waals surface area contributed by atoms with Crippen molar-refractivity contribution in [3.63, 3.8) is 0 Å². The van der Waals surface area contributed by atoms with Crippen molar-refractivity contribution in [2.75, 3.05) is 11.5 Å². The quantitative estimate of drug-likeness (QED) is 0.711. The molecule has 0 aliphatic carbocycles. The van der Waals surface area contributed by atoms with Gasteiger partial charge in [0.05, 0.1) is 0 Å². The predicted octanol–water partition coefficient (Wildman–Crippen LogP) is 1.82. The van der Waals surface area contributed by atoms with Crippen LogP contribution in [0, 0.1) is 0 Å². The van der Waals surface area contributed by atoms with E-state index in [1.807, 2.05) is 0 Å². The first kappa shape index (κ1) is 12.0. The summed E-state index contributed by atoms with van der Waals surface area (Å²) < 4.78 is 59.9. The first-order chi connectivity index (χ1) is 6.33. The first-order valence-electron chi connectivity index (χ1n) is 4.05. The zero-order valence-electron chi connectivity index (χ0n) is 7.25. The van der Waals surface area contributed by atoms with Crippen LogP contribution in [-0.2, 0) is 20.7 Å². The van der Waals surface area contributed by atoms with E-state index < -0.39 is 26.2 Å². The first-order valence-corrected chi connectivity index (χ1v) is 7.01. The van der Waals surface area contributed by atoms with Gasteiger partial charge in [-0.1, -0.05) is 17.1 Å². The fraction of sp³-hybridized carbons (Fsp3) is 1.00. The average Bonchev–Trinajstić information content (AvgIpc) is 2.03. The Balaban J connectivity index is 2.85. The van der Waals surface area contributed by atoms with E-state index in [-0.39, 0.29) is 0 Å². The molecule has 0 radical (unpaired) electrons. The number of sulfonamides is 1. The van der Waals surface area contributed by atoms with Crippen LogP contribution in [0.25, 0.3) is 0 Å². The monoisotopic (exact) mass is 249 g/mol. The number of alkyl halides is 3. The highest BCUT2D eigenvalue weighted by atomic mass is 32.3. The van der Waals surface area contributed by atoms with Gasteiger partial charge in [-0.15, -0.1) is 3.77 Å². The molecule has 0 aromatic heterocycles. The Hall–Kier alpha value is -0.110. The number of halogens is 3. The third-order valence-electron chi connectivity index (χ3n) is 1.76. The number of hydrogen-bond acceptors (Lipinski definition) is 2. The smallest absolute Gasteiger partial charge is 0.194 e. The van der Waals surface area contributed by atoms with Crippen LogP contribution < -0.4 is 0 Å². The number of hydrogen-bond donors (Lipinski definition) is 0. The van der Waals surface area contributed by atoms with Gasteiger partial charge in [-0.3, -0.25) is 0 Å². The molecule has 0 bridgehead atoms. The van der Waals surface area contributed by atoms with Gasteiger partial charge in [-0.25, -0.2) is 0 Å². The second kappa shape index (κ2) is 4.18. The maximum Gasteiger partial charge on any atom is 0.519 e. The zero-order valence-corrected chi connectivity index (χ0v) is 8.88. The summed E-state index contributed by atoms with van der Waals surface area (Å²) in [6.07, 6.45) is 2.48. The van der Waals surface area contributed by atoms with Gasteiger partial charge in [0.1, 0.15) is 0 Å². The molecule has 0 unspecified atom stereocenters. The molecule has 0 spiro atoms. The second-order valence-corrected chi connectivity index (χ2v) is 6.68. The predicted molar refractivity (Wildman–Crippen MR) is 48.4 cm³/mol. The summed E-state index contributed by atoms with van der Waals surface area (Å²) in [6.45, 7) is 0. The van der Waals surface area contributed by atoms with E-state index in [2.05, 4.69) is 3.77 Å². The lowest BCUT2D eigenvalue weighted by molar-refractivity contribution is -0.0434. The van der Waals surface area contributed by atoms with Crippen LogP contribution in [0.3, 0.4) is 0 Å². The van der Waals surface area contributed by atoms with Crippen molar-refractivity contribution in [2.24, 2.45) is 3.77 Å². The van der Waals surface area contributed by atoms with Crippen LogP contribution in [0.15, 0.2) is 3.77 Å². The highest BCUT2D eigenvalue weighted by molar-refractivity contribution is 8.00. The molecule has 0 aromatic rings. The van der Waals surface area contributed by atoms with E-state index in [0.29, 0.717) is 11.5 Å². The molecule has 3 nitrogen and oxygen atoms in total. The van der Waals surface area contributed by atoms with E-state index in [1.54, 1.807) is 0 Å². The lowest BCUT2D eigenvalue weighted by Gasteiger charge is -2.13. The Bertz CT molecular complexity index is 325. The van der Waals surface area contributed by atoms with Gasteiger partial charge < -0.3 is 0 Å². The summed E-state index contributed by atoms with van der Waals surface area (Å²) >= 11 is 0. The maximum atomic E-state index is 11.9. The van der Waals surface area contributed by atoms with Crippen molar-refractivity contribution in [1.82, 2.24) is 0 Å². The molecular formula is C6H10F3NO2S2.